The fraction of sp³-hybridized carbons (Fsp3) is 0.909. The van der Waals surface area contributed by atoms with Crippen LogP contribution in [0.1, 0.15) is 12.8 Å². The molecule has 2 fully saturated rings. The van der Waals surface area contributed by atoms with Gasteiger partial charge in [0, 0.05) is 32.8 Å². The summed E-state index contributed by atoms with van der Waals surface area (Å²) in [5, 5.41) is 6.00. The molecule has 0 aromatic carbocycles. The van der Waals surface area contributed by atoms with E-state index in [0.717, 1.165) is 39.1 Å². The quantitative estimate of drug-likeness (QED) is 0.660. The summed E-state index contributed by atoms with van der Waals surface area (Å²) in [6.07, 6.45) is 2.15. The van der Waals surface area contributed by atoms with Crippen LogP contribution in [0.15, 0.2) is 0 Å². The second-order valence-electron chi connectivity index (χ2n) is 4.36. The van der Waals surface area contributed by atoms with Crippen molar-refractivity contribution < 1.29 is 14.3 Å². The van der Waals surface area contributed by atoms with E-state index in [2.05, 4.69) is 10.6 Å². The molecule has 0 saturated carbocycles. The van der Waals surface area contributed by atoms with E-state index in [-0.39, 0.29) is 30.3 Å². The van der Waals surface area contributed by atoms with Crippen molar-refractivity contribution in [3.63, 3.8) is 0 Å². The van der Waals surface area contributed by atoms with Gasteiger partial charge in [0.1, 0.15) is 0 Å². The zero-order valence-corrected chi connectivity index (χ0v) is 10.8. The van der Waals surface area contributed by atoms with Crippen molar-refractivity contribution in [1.29, 1.82) is 0 Å². The Morgan fingerprint density at radius 1 is 1.47 bits per heavy atom. The fourth-order valence-corrected chi connectivity index (χ4v) is 1.80. The molecule has 2 N–H and O–H groups in total. The van der Waals surface area contributed by atoms with Gasteiger partial charge in [-0.2, -0.15) is 0 Å². The van der Waals surface area contributed by atoms with Crippen LogP contribution in [0, 0.1) is 5.92 Å². The largest absolute Gasteiger partial charge is 0.379 e. The molecular weight excluding hydrogens is 244 g/mol. The minimum Gasteiger partial charge on any atom is -0.379 e. The van der Waals surface area contributed by atoms with Gasteiger partial charge in [0.25, 0.3) is 0 Å². The Bertz CT molecular complexity index is 231. The second-order valence-corrected chi connectivity index (χ2v) is 4.36. The first-order valence-electron chi connectivity index (χ1n) is 6.04. The Morgan fingerprint density at radius 2 is 2.29 bits per heavy atom. The van der Waals surface area contributed by atoms with Gasteiger partial charge in [-0.3, -0.25) is 4.79 Å². The second kappa shape index (κ2) is 7.87. The van der Waals surface area contributed by atoms with Gasteiger partial charge in [-0.25, -0.2) is 0 Å². The molecule has 2 rings (SSSR count). The first-order valence-corrected chi connectivity index (χ1v) is 6.04. The van der Waals surface area contributed by atoms with E-state index in [9.17, 15) is 4.79 Å². The molecule has 0 aromatic rings. The Balaban J connectivity index is 0.00000144. The van der Waals surface area contributed by atoms with Gasteiger partial charge in [0.2, 0.25) is 5.91 Å². The van der Waals surface area contributed by atoms with E-state index in [4.69, 9.17) is 9.47 Å². The van der Waals surface area contributed by atoms with Gasteiger partial charge in [0.15, 0.2) is 0 Å². The highest BCUT2D eigenvalue weighted by atomic mass is 35.5. The summed E-state index contributed by atoms with van der Waals surface area (Å²) in [7, 11) is 0. The molecule has 17 heavy (non-hydrogen) atoms. The summed E-state index contributed by atoms with van der Waals surface area (Å²) in [5.41, 5.74) is 0. The van der Waals surface area contributed by atoms with Gasteiger partial charge < -0.3 is 20.1 Å². The van der Waals surface area contributed by atoms with E-state index in [1.807, 2.05) is 0 Å². The van der Waals surface area contributed by atoms with Gasteiger partial charge in [-0.05, 0) is 12.8 Å². The highest BCUT2D eigenvalue weighted by Gasteiger charge is 2.24. The number of hydrogen-bond acceptors (Lipinski definition) is 4. The van der Waals surface area contributed by atoms with Crippen LogP contribution in [0.3, 0.4) is 0 Å². The van der Waals surface area contributed by atoms with E-state index in [1.165, 1.54) is 0 Å². The molecule has 100 valence electrons. The highest BCUT2D eigenvalue weighted by Crippen LogP contribution is 2.08. The highest BCUT2D eigenvalue weighted by molar-refractivity contribution is 5.85. The molecule has 1 unspecified atom stereocenters. The van der Waals surface area contributed by atoms with Crippen LogP contribution in [0.5, 0.6) is 0 Å². The molecule has 1 atom stereocenters. The molecular formula is C11H21ClN2O3. The molecule has 0 aliphatic carbocycles. The number of halogens is 1. The summed E-state index contributed by atoms with van der Waals surface area (Å²) in [5.74, 6) is 0.354. The van der Waals surface area contributed by atoms with E-state index in [1.54, 1.807) is 0 Å². The van der Waals surface area contributed by atoms with Crippen molar-refractivity contribution in [3.8, 4) is 0 Å². The molecule has 5 nitrogen and oxygen atoms in total. The topological polar surface area (TPSA) is 59.6 Å². The molecule has 2 aliphatic rings. The number of ether oxygens (including phenoxy) is 2. The smallest absolute Gasteiger partial charge is 0.225 e. The first kappa shape index (κ1) is 14.7. The average molecular weight is 265 g/mol. The van der Waals surface area contributed by atoms with Gasteiger partial charge in [-0.15, -0.1) is 12.4 Å². The fourth-order valence-electron chi connectivity index (χ4n) is 1.80. The maximum absolute atomic E-state index is 11.4. The molecule has 6 heteroatoms. The molecule has 0 aromatic heterocycles. The van der Waals surface area contributed by atoms with Crippen molar-refractivity contribution >= 4 is 18.3 Å². The molecule has 2 aliphatic heterocycles. The number of amides is 1. The number of carbonyl (C=O) groups excluding carboxylic acids is 1. The summed E-state index contributed by atoms with van der Waals surface area (Å²) >= 11 is 0. The van der Waals surface area contributed by atoms with E-state index < -0.39 is 0 Å². The number of carbonyl (C=O) groups is 1. The van der Waals surface area contributed by atoms with Crippen LogP contribution in [0.25, 0.3) is 0 Å². The normalized spacial score (nSPS) is 23.9. The minimum absolute atomic E-state index is 0. The zero-order chi connectivity index (χ0) is 11.2. The van der Waals surface area contributed by atoms with Crippen LogP contribution in [0.4, 0.5) is 0 Å². The molecule has 2 heterocycles. The number of rotatable bonds is 6. The Morgan fingerprint density at radius 3 is 2.88 bits per heavy atom. The predicted molar refractivity (Wildman–Crippen MR) is 66.4 cm³/mol. The molecule has 2 saturated heterocycles. The van der Waals surface area contributed by atoms with Gasteiger partial charge in [0.05, 0.1) is 18.6 Å². The molecule has 1 amide bonds. The lowest BCUT2D eigenvalue weighted by Crippen LogP contribution is -2.50. The zero-order valence-electron chi connectivity index (χ0n) is 9.94. The Labute approximate surface area is 108 Å². The Hall–Kier alpha value is -0.360. The monoisotopic (exact) mass is 264 g/mol. The van der Waals surface area contributed by atoms with Gasteiger partial charge >= 0.3 is 0 Å². The average Bonchev–Trinajstić information content (AvgIpc) is 2.67. The van der Waals surface area contributed by atoms with E-state index in [0.29, 0.717) is 13.2 Å². The molecule has 0 radical (unpaired) electrons. The predicted octanol–water partition coefficient (Wildman–Crippen LogP) is -0.0606. The van der Waals surface area contributed by atoms with Crippen LogP contribution in [-0.4, -0.2) is 51.5 Å². The van der Waals surface area contributed by atoms with Crippen molar-refractivity contribution in [1.82, 2.24) is 10.6 Å². The van der Waals surface area contributed by atoms with Crippen LogP contribution < -0.4 is 10.6 Å². The van der Waals surface area contributed by atoms with E-state index >= 15 is 0 Å². The summed E-state index contributed by atoms with van der Waals surface area (Å²) in [6.45, 7) is 4.60. The minimum atomic E-state index is 0. The van der Waals surface area contributed by atoms with Crippen molar-refractivity contribution in [2.45, 2.75) is 18.9 Å². The molecule has 0 bridgehead atoms. The summed E-state index contributed by atoms with van der Waals surface area (Å²) in [6, 6.07) is 0. The van der Waals surface area contributed by atoms with Crippen LogP contribution >= 0.6 is 12.4 Å². The Kier molecular flexibility index (Phi) is 6.80. The SMILES string of the molecule is Cl.O=C(NCCCOC1CCOC1)C1CNC1. The van der Waals surface area contributed by atoms with Crippen molar-refractivity contribution in [2.24, 2.45) is 5.92 Å². The number of hydrogen-bond donors (Lipinski definition) is 2. The third kappa shape index (κ3) is 4.79. The lowest BCUT2D eigenvalue weighted by molar-refractivity contribution is -0.126. The van der Waals surface area contributed by atoms with Crippen LogP contribution in [0.2, 0.25) is 0 Å². The maximum atomic E-state index is 11.4. The third-order valence-corrected chi connectivity index (χ3v) is 3.01. The maximum Gasteiger partial charge on any atom is 0.225 e. The van der Waals surface area contributed by atoms with Crippen molar-refractivity contribution in [3.05, 3.63) is 0 Å². The van der Waals surface area contributed by atoms with Crippen LogP contribution in [-0.2, 0) is 14.3 Å². The lowest BCUT2D eigenvalue weighted by Gasteiger charge is -2.25. The standard InChI is InChI=1S/C11H20N2O3.ClH/c14-11(9-6-12-7-9)13-3-1-4-16-10-2-5-15-8-10;/h9-10,12H,1-8H2,(H,13,14);1H. The third-order valence-electron chi connectivity index (χ3n) is 3.01. The lowest BCUT2D eigenvalue weighted by atomic mass is 10.0. The summed E-state index contributed by atoms with van der Waals surface area (Å²) < 4.78 is 10.8. The summed E-state index contributed by atoms with van der Waals surface area (Å²) in [4.78, 5) is 11.4. The number of nitrogens with one attached hydrogen (secondary N) is 2. The molecule has 0 spiro atoms. The van der Waals surface area contributed by atoms with Gasteiger partial charge in [-0.1, -0.05) is 0 Å². The van der Waals surface area contributed by atoms with Crippen molar-refractivity contribution in [2.75, 3.05) is 39.5 Å². The first-order chi connectivity index (χ1) is 7.86.